The van der Waals surface area contributed by atoms with E-state index in [0.29, 0.717) is 18.1 Å². The number of carbonyl (C=O) groups is 1. The van der Waals surface area contributed by atoms with Crippen molar-refractivity contribution in [1.29, 1.82) is 0 Å². The second-order valence-electron chi connectivity index (χ2n) is 7.07. The monoisotopic (exact) mass is 256 g/mol. The SMILES string of the molecule is CC1C(=O)CC[C@@H](O[Si](C)(C)C(C)(C)C)[C@@H]1C. The van der Waals surface area contributed by atoms with E-state index in [2.05, 4.69) is 40.8 Å². The number of Topliss-reactive ketones (excluding diaryl/α,β-unsaturated/α-hetero) is 1. The molecule has 0 spiro atoms. The normalized spacial score (nSPS) is 31.7. The summed E-state index contributed by atoms with van der Waals surface area (Å²) in [5.74, 6) is 0.941. The quantitative estimate of drug-likeness (QED) is 0.698. The van der Waals surface area contributed by atoms with Gasteiger partial charge in [-0.2, -0.15) is 0 Å². The first kappa shape index (κ1) is 14.9. The average Bonchev–Trinajstić information content (AvgIpc) is 2.17. The summed E-state index contributed by atoms with van der Waals surface area (Å²) in [6, 6.07) is 0. The van der Waals surface area contributed by atoms with Crippen LogP contribution in [0.2, 0.25) is 18.1 Å². The molecule has 3 heteroatoms. The molecule has 0 bridgehead atoms. The minimum absolute atomic E-state index is 0.165. The van der Waals surface area contributed by atoms with Crippen LogP contribution in [-0.4, -0.2) is 20.2 Å². The zero-order valence-corrected chi connectivity index (χ0v) is 13.5. The molecule has 0 heterocycles. The highest BCUT2D eigenvalue weighted by Gasteiger charge is 2.42. The number of ketones is 1. The Labute approximate surface area is 107 Å². The Morgan fingerprint density at radius 2 is 1.76 bits per heavy atom. The molecule has 1 rings (SSSR count). The zero-order chi connectivity index (χ0) is 13.4. The standard InChI is InChI=1S/C14H28O2Si/c1-10-11(2)13(9-8-12(10)15)16-17(6,7)14(3,4)5/h10-11,13H,8-9H2,1-7H3/t10?,11-,13-/m1/s1. The number of carbonyl (C=O) groups excluding carboxylic acids is 1. The third kappa shape index (κ3) is 3.19. The molecule has 1 fully saturated rings. The molecule has 0 radical (unpaired) electrons. The van der Waals surface area contributed by atoms with Crippen LogP contribution in [0.5, 0.6) is 0 Å². The fourth-order valence-corrected chi connectivity index (χ4v) is 3.55. The van der Waals surface area contributed by atoms with Gasteiger partial charge < -0.3 is 4.43 Å². The molecule has 17 heavy (non-hydrogen) atoms. The predicted molar refractivity (Wildman–Crippen MR) is 74.6 cm³/mol. The molecular formula is C14H28O2Si. The van der Waals surface area contributed by atoms with Gasteiger partial charge in [0.1, 0.15) is 5.78 Å². The summed E-state index contributed by atoms with van der Waals surface area (Å²) in [6.45, 7) is 15.6. The Bertz CT molecular complexity index is 291. The highest BCUT2D eigenvalue weighted by atomic mass is 28.4. The lowest BCUT2D eigenvalue weighted by atomic mass is 9.79. The third-order valence-corrected chi connectivity index (χ3v) is 9.31. The van der Waals surface area contributed by atoms with Crippen LogP contribution in [0.15, 0.2) is 0 Å². The van der Waals surface area contributed by atoms with Gasteiger partial charge in [-0.25, -0.2) is 0 Å². The van der Waals surface area contributed by atoms with Gasteiger partial charge in [0.2, 0.25) is 0 Å². The summed E-state index contributed by atoms with van der Waals surface area (Å²) >= 11 is 0. The fourth-order valence-electron chi connectivity index (χ4n) is 2.11. The number of hydrogen-bond acceptors (Lipinski definition) is 2. The van der Waals surface area contributed by atoms with E-state index in [-0.39, 0.29) is 17.1 Å². The molecule has 0 aromatic heterocycles. The molecule has 0 aliphatic heterocycles. The summed E-state index contributed by atoms with van der Waals surface area (Å²) < 4.78 is 6.46. The summed E-state index contributed by atoms with van der Waals surface area (Å²) in [5, 5.41) is 0.247. The molecule has 0 aromatic carbocycles. The largest absolute Gasteiger partial charge is 0.414 e. The molecule has 2 nitrogen and oxygen atoms in total. The van der Waals surface area contributed by atoms with E-state index in [0.717, 1.165) is 6.42 Å². The average molecular weight is 256 g/mol. The lowest BCUT2D eigenvalue weighted by molar-refractivity contribution is -0.129. The topological polar surface area (TPSA) is 26.3 Å². The van der Waals surface area contributed by atoms with Crippen molar-refractivity contribution in [1.82, 2.24) is 0 Å². The van der Waals surface area contributed by atoms with E-state index in [1.807, 2.05) is 6.92 Å². The molecule has 1 saturated carbocycles. The van der Waals surface area contributed by atoms with E-state index < -0.39 is 8.32 Å². The molecular weight excluding hydrogens is 228 g/mol. The Morgan fingerprint density at radius 3 is 2.24 bits per heavy atom. The van der Waals surface area contributed by atoms with Crippen LogP contribution in [0.1, 0.15) is 47.5 Å². The van der Waals surface area contributed by atoms with Crippen molar-refractivity contribution in [3.63, 3.8) is 0 Å². The summed E-state index contributed by atoms with van der Waals surface area (Å²) in [5.41, 5.74) is 0. The van der Waals surface area contributed by atoms with Crippen molar-refractivity contribution in [2.75, 3.05) is 0 Å². The first-order valence-electron chi connectivity index (χ1n) is 6.77. The molecule has 0 aromatic rings. The highest BCUT2D eigenvalue weighted by Crippen LogP contribution is 2.40. The summed E-state index contributed by atoms with van der Waals surface area (Å²) in [4.78, 5) is 11.7. The van der Waals surface area contributed by atoms with E-state index in [4.69, 9.17) is 4.43 Å². The molecule has 1 aliphatic carbocycles. The van der Waals surface area contributed by atoms with Crippen LogP contribution in [-0.2, 0) is 9.22 Å². The molecule has 1 unspecified atom stereocenters. The van der Waals surface area contributed by atoms with Gasteiger partial charge in [-0.3, -0.25) is 4.79 Å². The number of rotatable bonds is 2. The Balaban J connectivity index is 2.73. The van der Waals surface area contributed by atoms with Gasteiger partial charge in [0.05, 0.1) is 0 Å². The predicted octanol–water partition coefficient (Wildman–Crippen LogP) is 4.01. The van der Waals surface area contributed by atoms with Gasteiger partial charge >= 0.3 is 0 Å². The lowest BCUT2D eigenvalue weighted by Crippen LogP contribution is -2.48. The molecule has 0 N–H and O–H groups in total. The van der Waals surface area contributed by atoms with E-state index in [1.165, 1.54) is 0 Å². The molecule has 1 aliphatic rings. The van der Waals surface area contributed by atoms with Gasteiger partial charge in [0, 0.05) is 18.4 Å². The molecule has 100 valence electrons. The number of hydrogen-bond donors (Lipinski definition) is 0. The first-order chi connectivity index (χ1) is 7.56. The lowest BCUT2D eigenvalue weighted by Gasteiger charge is -2.43. The van der Waals surface area contributed by atoms with Crippen molar-refractivity contribution in [2.24, 2.45) is 11.8 Å². The third-order valence-electron chi connectivity index (χ3n) is 4.81. The van der Waals surface area contributed by atoms with Crippen molar-refractivity contribution >= 4 is 14.1 Å². The second kappa shape index (κ2) is 4.85. The maximum absolute atomic E-state index is 11.7. The van der Waals surface area contributed by atoms with Crippen molar-refractivity contribution < 1.29 is 9.22 Å². The van der Waals surface area contributed by atoms with Crippen molar-refractivity contribution in [3.8, 4) is 0 Å². The van der Waals surface area contributed by atoms with Gasteiger partial charge in [-0.1, -0.05) is 34.6 Å². The summed E-state index contributed by atoms with van der Waals surface area (Å²) in [7, 11) is -1.70. The van der Waals surface area contributed by atoms with E-state index in [9.17, 15) is 4.79 Å². The Morgan fingerprint density at radius 1 is 1.24 bits per heavy atom. The van der Waals surface area contributed by atoms with Gasteiger partial charge in [0.25, 0.3) is 0 Å². The Kier molecular flexibility index (Phi) is 4.25. The van der Waals surface area contributed by atoms with Crippen LogP contribution in [0.25, 0.3) is 0 Å². The van der Waals surface area contributed by atoms with Gasteiger partial charge in [0.15, 0.2) is 8.32 Å². The zero-order valence-electron chi connectivity index (χ0n) is 12.5. The van der Waals surface area contributed by atoms with Crippen molar-refractivity contribution in [3.05, 3.63) is 0 Å². The highest BCUT2D eigenvalue weighted by molar-refractivity contribution is 6.74. The smallest absolute Gasteiger partial charge is 0.192 e. The van der Waals surface area contributed by atoms with E-state index in [1.54, 1.807) is 0 Å². The van der Waals surface area contributed by atoms with Crippen LogP contribution < -0.4 is 0 Å². The molecule has 0 amide bonds. The second-order valence-corrected chi connectivity index (χ2v) is 11.8. The van der Waals surface area contributed by atoms with Crippen molar-refractivity contribution in [2.45, 2.75) is 71.7 Å². The minimum atomic E-state index is -1.70. The fraction of sp³-hybridized carbons (Fsp3) is 0.929. The minimum Gasteiger partial charge on any atom is -0.414 e. The maximum atomic E-state index is 11.7. The maximum Gasteiger partial charge on any atom is 0.192 e. The molecule has 0 saturated heterocycles. The van der Waals surface area contributed by atoms with Crippen LogP contribution in [0, 0.1) is 11.8 Å². The van der Waals surface area contributed by atoms with Gasteiger partial charge in [-0.15, -0.1) is 0 Å². The first-order valence-corrected chi connectivity index (χ1v) is 9.67. The Hall–Kier alpha value is -0.153. The molecule has 3 atom stereocenters. The van der Waals surface area contributed by atoms with Crippen LogP contribution >= 0.6 is 0 Å². The van der Waals surface area contributed by atoms with Crippen LogP contribution in [0.3, 0.4) is 0 Å². The van der Waals surface area contributed by atoms with Gasteiger partial charge in [-0.05, 0) is 30.5 Å². The van der Waals surface area contributed by atoms with E-state index >= 15 is 0 Å². The van der Waals surface area contributed by atoms with Crippen LogP contribution in [0.4, 0.5) is 0 Å². The summed E-state index contributed by atoms with van der Waals surface area (Å²) in [6.07, 6.45) is 1.89.